The first-order valence-electron chi connectivity index (χ1n) is 8.89. The minimum absolute atomic E-state index is 0.00458. The van der Waals surface area contributed by atoms with Gasteiger partial charge in [-0.2, -0.15) is 0 Å². The molecule has 2 aromatic heterocycles. The Bertz CT molecular complexity index is 1300. The molecule has 8 nitrogen and oxygen atoms in total. The van der Waals surface area contributed by atoms with Gasteiger partial charge in [0.15, 0.2) is 0 Å². The first-order chi connectivity index (χ1) is 14.1. The summed E-state index contributed by atoms with van der Waals surface area (Å²) in [6.07, 6.45) is 0. The highest BCUT2D eigenvalue weighted by atomic mass is 32.2. The van der Waals surface area contributed by atoms with Gasteiger partial charge in [-0.05, 0) is 57.2 Å². The molecule has 0 atom stereocenters. The number of anilines is 2. The quantitative estimate of drug-likeness (QED) is 0.546. The molecule has 1 aromatic carbocycles. The number of nitrogens with one attached hydrogen (secondary N) is 2. The maximum absolute atomic E-state index is 13.0. The second-order valence-electron chi connectivity index (χ2n) is 6.87. The van der Waals surface area contributed by atoms with Gasteiger partial charge in [-0.1, -0.05) is 16.8 Å². The lowest BCUT2D eigenvalue weighted by Crippen LogP contribution is -2.19. The first kappa shape index (κ1) is 21.5. The lowest BCUT2D eigenvalue weighted by atomic mass is 10.0. The molecule has 3 rings (SSSR count). The summed E-state index contributed by atoms with van der Waals surface area (Å²) in [5.74, 6) is -0.600. The molecule has 2 heterocycles. The fourth-order valence-electron chi connectivity index (χ4n) is 2.90. The van der Waals surface area contributed by atoms with Gasteiger partial charge in [0.1, 0.15) is 9.77 Å². The Kier molecular flexibility index (Phi) is 5.70. The number of hydrogen-bond acceptors (Lipinski definition) is 6. The molecule has 1 amide bonds. The van der Waals surface area contributed by atoms with Gasteiger partial charge in [0.25, 0.3) is 15.9 Å². The molecule has 0 fully saturated rings. The zero-order valence-electron chi connectivity index (χ0n) is 17.1. The van der Waals surface area contributed by atoms with Gasteiger partial charge in [0.2, 0.25) is 11.6 Å². The topological polar surface area (TPSA) is 106 Å². The van der Waals surface area contributed by atoms with Crippen molar-refractivity contribution in [2.24, 2.45) is 0 Å². The number of amides is 1. The zero-order chi connectivity index (χ0) is 22.2. The van der Waals surface area contributed by atoms with E-state index in [1.54, 1.807) is 20.8 Å². The van der Waals surface area contributed by atoms with E-state index in [-0.39, 0.29) is 15.7 Å². The number of sulfonamides is 1. The lowest BCUT2D eigenvalue weighted by molar-refractivity contribution is 0.102. The van der Waals surface area contributed by atoms with Gasteiger partial charge >= 0.3 is 0 Å². The van der Waals surface area contributed by atoms with Crippen molar-refractivity contribution in [3.8, 4) is 0 Å². The molecule has 2 N–H and O–H groups in total. The molecular formula is C20H20N4O4S2. The van der Waals surface area contributed by atoms with Crippen LogP contribution >= 0.6 is 11.3 Å². The maximum Gasteiger partial charge on any atom is 0.266 e. The van der Waals surface area contributed by atoms with Crippen LogP contribution in [0, 0.1) is 41.2 Å². The third kappa shape index (κ3) is 3.81. The van der Waals surface area contributed by atoms with E-state index in [4.69, 9.17) is 11.1 Å². The molecule has 0 saturated heterocycles. The van der Waals surface area contributed by atoms with Crippen LogP contribution in [0.4, 0.5) is 17.3 Å². The maximum atomic E-state index is 13.0. The van der Waals surface area contributed by atoms with E-state index in [9.17, 15) is 13.2 Å². The van der Waals surface area contributed by atoms with E-state index >= 15 is 0 Å². The van der Waals surface area contributed by atoms with Crippen LogP contribution in [0.5, 0.6) is 0 Å². The molecule has 0 aliphatic rings. The molecule has 0 spiro atoms. The number of thiophene rings is 1. The largest absolute Gasteiger partial charge is 0.337 e. The standard InChI is InChI=1S/C20H20N4O4S2/c1-10-9-11(2)16(17(21-6)12(10)3)22-19(25)18-15(7-8-29-18)30(26,27)24-20-13(4)14(5)23-28-20/h7-9,24H,1-5H3,(H,22,25). The number of rotatable bonds is 5. The predicted molar refractivity (Wildman–Crippen MR) is 116 cm³/mol. The monoisotopic (exact) mass is 444 g/mol. The molecule has 0 unspecified atom stereocenters. The summed E-state index contributed by atoms with van der Waals surface area (Å²) < 4.78 is 33.1. The van der Waals surface area contributed by atoms with Crippen LogP contribution in [0.25, 0.3) is 4.85 Å². The van der Waals surface area contributed by atoms with E-state index in [2.05, 4.69) is 20.0 Å². The molecule has 0 bridgehead atoms. The van der Waals surface area contributed by atoms with Gasteiger partial charge in [0, 0.05) is 11.3 Å². The van der Waals surface area contributed by atoms with Gasteiger partial charge in [-0.25, -0.2) is 18.0 Å². The Morgan fingerprint density at radius 1 is 1.17 bits per heavy atom. The highest BCUT2D eigenvalue weighted by molar-refractivity contribution is 7.93. The van der Waals surface area contributed by atoms with E-state index < -0.39 is 15.9 Å². The fraction of sp³-hybridized carbons (Fsp3) is 0.250. The van der Waals surface area contributed by atoms with Gasteiger partial charge in [-0.15, -0.1) is 11.3 Å². The third-order valence-corrected chi connectivity index (χ3v) is 7.29. The smallest absolute Gasteiger partial charge is 0.266 e. The van der Waals surface area contributed by atoms with Crippen LogP contribution in [-0.4, -0.2) is 19.5 Å². The minimum Gasteiger partial charge on any atom is -0.337 e. The zero-order valence-corrected chi connectivity index (χ0v) is 18.7. The van der Waals surface area contributed by atoms with Gasteiger partial charge in [0.05, 0.1) is 12.3 Å². The van der Waals surface area contributed by atoms with Crippen LogP contribution in [0.2, 0.25) is 0 Å². The van der Waals surface area contributed by atoms with E-state index in [0.29, 0.717) is 22.6 Å². The summed E-state index contributed by atoms with van der Waals surface area (Å²) in [7, 11) is -4.08. The average molecular weight is 445 g/mol. The highest BCUT2D eigenvalue weighted by Gasteiger charge is 2.27. The Morgan fingerprint density at radius 3 is 2.47 bits per heavy atom. The van der Waals surface area contributed by atoms with Crippen LogP contribution in [-0.2, 0) is 10.0 Å². The van der Waals surface area contributed by atoms with Crippen LogP contribution < -0.4 is 10.0 Å². The summed E-state index contributed by atoms with van der Waals surface area (Å²) in [6, 6.07) is 3.23. The van der Waals surface area contributed by atoms with E-state index in [1.807, 2.05) is 19.9 Å². The lowest BCUT2D eigenvalue weighted by Gasteiger charge is -2.15. The van der Waals surface area contributed by atoms with Crippen molar-refractivity contribution in [3.05, 3.63) is 61.8 Å². The third-order valence-electron chi connectivity index (χ3n) is 4.87. The normalized spacial score (nSPS) is 11.2. The first-order valence-corrected chi connectivity index (χ1v) is 11.3. The van der Waals surface area contributed by atoms with Crippen molar-refractivity contribution in [2.45, 2.75) is 39.5 Å². The number of aryl methyl sites for hydroxylation is 3. The number of carbonyl (C=O) groups is 1. The second kappa shape index (κ2) is 7.93. The van der Waals surface area contributed by atoms with E-state index in [0.717, 1.165) is 28.0 Å². The fourth-order valence-corrected chi connectivity index (χ4v) is 5.27. The molecule has 0 aliphatic heterocycles. The summed E-state index contributed by atoms with van der Waals surface area (Å²) in [5, 5.41) is 7.97. The van der Waals surface area contributed by atoms with Gasteiger partial charge in [-0.3, -0.25) is 4.79 Å². The molecule has 30 heavy (non-hydrogen) atoms. The van der Waals surface area contributed by atoms with Crippen molar-refractivity contribution < 1.29 is 17.7 Å². The van der Waals surface area contributed by atoms with Crippen LogP contribution in [0.3, 0.4) is 0 Å². The molecule has 0 radical (unpaired) electrons. The minimum atomic E-state index is -4.08. The van der Waals surface area contributed by atoms with Gasteiger partial charge < -0.3 is 9.84 Å². The van der Waals surface area contributed by atoms with E-state index in [1.165, 1.54) is 11.4 Å². The molecular weight excluding hydrogens is 424 g/mol. The second-order valence-corrected chi connectivity index (χ2v) is 9.43. The number of carbonyl (C=O) groups excluding carboxylic acids is 1. The van der Waals surface area contributed by atoms with Crippen molar-refractivity contribution in [2.75, 3.05) is 10.0 Å². The summed E-state index contributed by atoms with van der Waals surface area (Å²) in [6.45, 7) is 16.4. The number of aromatic nitrogens is 1. The summed E-state index contributed by atoms with van der Waals surface area (Å²) in [4.78, 5) is 16.3. The molecule has 156 valence electrons. The van der Waals surface area contributed by atoms with Crippen molar-refractivity contribution in [1.29, 1.82) is 0 Å². The summed E-state index contributed by atoms with van der Waals surface area (Å²) >= 11 is 0.995. The number of nitrogens with zero attached hydrogens (tertiary/aromatic N) is 2. The molecule has 0 aliphatic carbocycles. The van der Waals surface area contributed by atoms with Crippen LogP contribution in [0.1, 0.15) is 37.6 Å². The highest BCUT2D eigenvalue weighted by Crippen LogP contribution is 2.36. The predicted octanol–water partition coefficient (Wildman–Crippen LogP) is 4.88. The van der Waals surface area contributed by atoms with Crippen LogP contribution in [0.15, 0.2) is 26.9 Å². The molecule has 10 heteroatoms. The Balaban J connectivity index is 1.96. The van der Waals surface area contributed by atoms with Crippen molar-refractivity contribution >= 4 is 44.5 Å². The SMILES string of the molecule is [C-]#[N+]c1c(C)c(C)cc(C)c1NC(=O)c1sccc1S(=O)(=O)Nc1onc(C)c1C. The Hall–Kier alpha value is -3.16. The number of hydrogen-bond donors (Lipinski definition) is 2. The van der Waals surface area contributed by atoms with Crippen molar-refractivity contribution in [1.82, 2.24) is 5.16 Å². The molecule has 3 aromatic rings. The van der Waals surface area contributed by atoms with Crippen molar-refractivity contribution in [3.63, 3.8) is 0 Å². The molecule has 0 saturated carbocycles. The Morgan fingerprint density at radius 2 is 1.87 bits per heavy atom. The summed E-state index contributed by atoms with van der Waals surface area (Å²) in [5.41, 5.74) is 4.28. The average Bonchev–Trinajstić information content (AvgIpc) is 3.29. The Labute approximate surface area is 178 Å². The number of benzene rings is 1.